The van der Waals surface area contributed by atoms with Crippen molar-refractivity contribution in [2.24, 2.45) is 23.7 Å². The molecule has 0 aromatic heterocycles. The summed E-state index contributed by atoms with van der Waals surface area (Å²) in [6.07, 6.45) is 8.82. The number of carbonyl (C=O) groups is 4. The molecule has 50 heavy (non-hydrogen) atoms. The van der Waals surface area contributed by atoms with E-state index < -0.39 is 35.0 Å². The fraction of sp³-hybridized carbons (Fsp3) is 0.381. The van der Waals surface area contributed by atoms with Gasteiger partial charge in [-0.05, 0) is 48.8 Å². The number of Topliss-reactive ketones (excluding diaryl/α,β-unsaturated/α-hetero) is 1. The second-order valence-electron chi connectivity index (χ2n) is 14.4. The third kappa shape index (κ3) is 4.63. The lowest BCUT2D eigenvalue weighted by molar-refractivity contribution is -0.144. The summed E-state index contributed by atoms with van der Waals surface area (Å²) in [5, 5.41) is 10.7. The second kappa shape index (κ2) is 12.4. The Labute approximate surface area is 291 Å². The minimum atomic E-state index is -1.43. The van der Waals surface area contributed by atoms with Crippen LogP contribution in [0.3, 0.4) is 0 Å². The molecule has 0 spiro atoms. The van der Waals surface area contributed by atoms with Crippen molar-refractivity contribution < 1.29 is 33.8 Å². The first-order chi connectivity index (χ1) is 24.3. The number of fused-ring (bicyclic) bond motifs is 4. The molecular formula is C42H41NO7. The molecule has 3 aromatic rings. The number of hydrogen-bond donors (Lipinski definition) is 1. The predicted octanol–water partition coefficient (Wildman–Crippen LogP) is 6.57. The van der Waals surface area contributed by atoms with E-state index in [0.29, 0.717) is 40.2 Å². The molecule has 0 radical (unpaired) electrons. The molecule has 1 heterocycles. The number of amides is 2. The van der Waals surface area contributed by atoms with Gasteiger partial charge in [0.05, 0.1) is 31.5 Å². The van der Waals surface area contributed by atoms with Crippen LogP contribution in [0.25, 0.3) is 5.57 Å². The van der Waals surface area contributed by atoms with Crippen LogP contribution in [0.5, 0.6) is 17.2 Å². The Morgan fingerprint density at radius 1 is 0.800 bits per heavy atom. The summed E-state index contributed by atoms with van der Waals surface area (Å²) in [5.74, 6) is -3.49. The molecule has 8 heteroatoms. The zero-order valence-electron chi connectivity index (χ0n) is 28.3. The van der Waals surface area contributed by atoms with Crippen molar-refractivity contribution in [3.8, 4) is 17.2 Å². The standard InChI is InChI=1S/C42H41NO7/c1-49-33-20-27(44)21-34(50-2)37(33)38-28-18-19-29-36(41(48)43(40(29)47)26-16-10-5-11-17-26)31(28)22-32-39(46)30(24-12-6-3-7-13-24)23-35(45)42(32,38)25-14-8-4-9-15-25/h3-4,6-9,12-15,18,20-21,23,26,29,31-32,36,38,44H,5,10-11,16-17,19,22H2,1-2H3. The molecule has 8 rings (SSSR count). The number of benzene rings is 3. The van der Waals surface area contributed by atoms with E-state index >= 15 is 9.59 Å². The number of ether oxygens (including phenoxy) is 2. The maximum atomic E-state index is 15.3. The van der Waals surface area contributed by atoms with Gasteiger partial charge in [0.1, 0.15) is 17.2 Å². The maximum Gasteiger partial charge on any atom is 0.233 e. The molecule has 8 nitrogen and oxygen atoms in total. The number of ketones is 2. The van der Waals surface area contributed by atoms with E-state index in [1.165, 1.54) is 32.4 Å². The Morgan fingerprint density at radius 3 is 2.08 bits per heavy atom. The van der Waals surface area contributed by atoms with Gasteiger partial charge >= 0.3 is 0 Å². The van der Waals surface area contributed by atoms with E-state index in [2.05, 4.69) is 0 Å². The SMILES string of the molecule is COc1cc(O)cc(OC)c1C1C2=CCC3C(=O)N(C4CCCCC4)C(=O)C3C2CC2C(=O)C(c3ccccc3)=CC(=O)C21c1ccccc1. The summed E-state index contributed by atoms with van der Waals surface area (Å²) in [7, 11) is 3.00. The predicted molar refractivity (Wildman–Crippen MR) is 187 cm³/mol. The van der Waals surface area contributed by atoms with Crippen molar-refractivity contribution in [1.29, 1.82) is 0 Å². The third-order valence-electron chi connectivity index (χ3n) is 12.2. The molecule has 6 unspecified atom stereocenters. The zero-order chi connectivity index (χ0) is 34.7. The largest absolute Gasteiger partial charge is 0.508 e. The lowest BCUT2D eigenvalue weighted by Gasteiger charge is -2.55. The molecule has 6 atom stereocenters. The minimum Gasteiger partial charge on any atom is -0.508 e. The highest BCUT2D eigenvalue weighted by Gasteiger charge is 2.67. The first-order valence-electron chi connectivity index (χ1n) is 17.7. The topological polar surface area (TPSA) is 110 Å². The Morgan fingerprint density at radius 2 is 1.44 bits per heavy atom. The van der Waals surface area contributed by atoms with Crippen LogP contribution >= 0.6 is 0 Å². The van der Waals surface area contributed by atoms with Crippen molar-refractivity contribution in [3.05, 3.63) is 107 Å². The molecule has 256 valence electrons. The van der Waals surface area contributed by atoms with E-state index in [9.17, 15) is 14.7 Å². The van der Waals surface area contributed by atoms with E-state index in [1.54, 1.807) is 4.90 Å². The fourth-order valence-corrected chi connectivity index (χ4v) is 10.1. The molecule has 3 fully saturated rings. The molecule has 5 aliphatic rings. The summed E-state index contributed by atoms with van der Waals surface area (Å²) in [6.45, 7) is 0. The Balaban J connectivity index is 1.39. The van der Waals surface area contributed by atoms with Crippen LogP contribution in [0.2, 0.25) is 0 Å². The van der Waals surface area contributed by atoms with E-state index in [4.69, 9.17) is 9.47 Å². The molecule has 0 bridgehead atoms. The number of phenols is 1. The van der Waals surface area contributed by atoms with Gasteiger partial charge in [0.25, 0.3) is 0 Å². The fourth-order valence-electron chi connectivity index (χ4n) is 10.1. The number of methoxy groups -OCH3 is 2. The second-order valence-corrected chi connectivity index (χ2v) is 14.4. The normalized spacial score (nSPS) is 29.5. The summed E-state index contributed by atoms with van der Waals surface area (Å²) < 4.78 is 11.9. The van der Waals surface area contributed by atoms with Gasteiger partial charge in [0.15, 0.2) is 11.6 Å². The zero-order valence-corrected chi connectivity index (χ0v) is 28.3. The average molecular weight is 672 g/mol. The lowest BCUT2D eigenvalue weighted by Crippen LogP contribution is -2.59. The van der Waals surface area contributed by atoms with Crippen LogP contribution in [-0.4, -0.2) is 53.6 Å². The van der Waals surface area contributed by atoms with E-state index in [-0.39, 0.29) is 41.6 Å². The molecule has 2 amide bonds. The number of aromatic hydroxyl groups is 1. The van der Waals surface area contributed by atoms with Gasteiger partial charge in [0, 0.05) is 41.1 Å². The molecule has 1 N–H and O–H groups in total. The van der Waals surface area contributed by atoms with Gasteiger partial charge in [0.2, 0.25) is 11.8 Å². The van der Waals surface area contributed by atoms with Gasteiger partial charge in [-0.2, -0.15) is 0 Å². The molecule has 4 aliphatic carbocycles. The van der Waals surface area contributed by atoms with E-state index in [1.807, 2.05) is 66.7 Å². The molecule has 1 aliphatic heterocycles. The van der Waals surface area contributed by atoms with E-state index in [0.717, 1.165) is 37.7 Å². The van der Waals surface area contributed by atoms with Crippen molar-refractivity contribution in [1.82, 2.24) is 4.90 Å². The highest BCUT2D eigenvalue weighted by atomic mass is 16.5. The van der Waals surface area contributed by atoms with Crippen molar-refractivity contribution in [2.45, 2.75) is 62.3 Å². The van der Waals surface area contributed by atoms with Gasteiger partial charge in [-0.25, -0.2) is 0 Å². The monoisotopic (exact) mass is 671 g/mol. The molecule has 3 aromatic carbocycles. The minimum absolute atomic E-state index is 0.0743. The quantitative estimate of drug-likeness (QED) is 0.233. The number of allylic oxidation sites excluding steroid dienone is 4. The number of likely N-dealkylation sites (tertiary alicyclic amines) is 1. The van der Waals surface area contributed by atoms with Gasteiger partial charge < -0.3 is 14.6 Å². The number of phenolic OH excluding ortho intramolecular Hbond substituents is 1. The third-order valence-corrected chi connectivity index (χ3v) is 12.2. The summed E-state index contributed by atoms with van der Waals surface area (Å²) in [4.78, 5) is 60.7. The average Bonchev–Trinajstić information content (AvgIpc) is 3.41. The van der Waals surface area contributed by atoms with Crippen LogP contribution < -0.4 is 9.47 Å². The van der Waals surface area contributed by atoms with Crippen LogP contribution in [0.1, 0.15) is 67.6 Å². The van der Waals surface area contributed by atoms with Gasteiger partial charge in [-0.3, -0.25) is 24.1 Å². The Bertz CT molecular complexity index is 1920. The highest BCUT2D eigenvalue weighted by Crippen LogP contribution is 2.65. The first kappa shape index (κ1) is 32.2. The first-order valence-corrected chi connectivity index (χ1v) is 17.7. The van der Waals surface area contributed by atoms with Crippen molar-refractivity contribution >= 4 is 29.0 Å². The summed E-state index contributed by atoms with van der Waals surface area (Å²) >= 11 is 0. The van der Waals surface area contributed by atoms with Gasteiger partial charge in [-0.1, -0.05) is 91.6 Å². The van der Waals surface area contributed by atoms with Crippen LogP contribution in [0.4, 0.5) is 0 Å². The molecule has 2 saturated carbocycles. The highest BCUT2D eigenvalue weighted by molar-refractivity contribution is 6.31. The molecule has 1 saturated heterocycles. The number of nitrogens with zero attached hydrogens (tertiary/aromatic N) is 1. The summed E-state index contributed by atoms with van der Waals surface area (Å²) in [5.41, 5.74) is 1.59. The number of imide groups is 1. The van der Waals surface area contributed by atoms with Crippen LogP contribution in [-0.2, 0) is 24.6 Å². The van der Waals surface area contributed by atoms with Gasteiger partial charge in [-0.15, -0.1) is 0 Å². The number of carbonyl (C=O) groups excluding carboxylic acids is 4. The van der Waals surface area contributed by atoms with Crippen LogP contribution in [0, 0.1) is 23.7 Å². The Hall–Kier alpha value is -4.98. The summed E-state index contributed by atoms with van der Waals surface area (Å²) in [6, 6.07) is 21.5. The number of hydrogen-bond acceptors (Lipinski definition) is 7. The smallest absolute Gasteiger partial charge is 0.233 e. The lowest BCUT2D eigenvalue weighted by atomic mass is 9.44. The maximum absolute atomic E-state index is 15.3. The number of rotatable bonds is 6. The molecular weight excluding hydrogens is 630 g/mol. The van der Waals surface area contributed by atoms with Crippen molar-refractivity contribution in [2.75, 3.05) is 14.2 Å². The van der Waals surface area contributed by atoms with Crippen LogP contribution in [0.15, 0.2) is 90.5 Å². The van der Waals surface area contributed by atoms with Crippen molar-refractivity contribution in [3.63, 3.8) is 0 Å². The Kier molecular flexibility index (Phi) is 8.00.